The molecule has 0 N–H and O–H groups in total. The van der Waals surface area contributed by atoms with Gasteiger partial charge < -0.3 is 4.74 Å². The molecule has 0 fully saturated rings. The van der Waals surface area contributed by atoms with Crippen LogP contribution in [0.25, 0.3) is 0 Å². The van der Waals surface area contributed by atoms with Gasteiger partial charge in [-0.2, -0.15) is 0 Å². The third-order valence-electron chi connectivity index (χ3n) is 1.11. The van der Waals surface area contributed by atoms with Crippen LogP contribution in [0.5, 0.6) is 5.75 Å². The predicted octanol–water partition coefficient (Wildman–Crippen LogP) is 2.88. The molecule has 1 aromatic carbocycles. The van der Waals surface area contributed by atoms with E-state index in [0.29, 0.717) is 0 Å². The summed E-state index contributed by atoms with van der Waals surface area (Å²) in [4.78, 5) is 0. The van der Waals surface area contributed by atoms with Crippen molar-refractivity contribution in [3.05, 3.63) is 27.8 Å². The molecule has 0 bridgehead atoms. The highest BCUT2D eigenvalue weighted by atomic mass is 127. The first-order chi connectivity index (χ1) is 5.18. The molecule has 0 saturated carbocycles. The Labute approximate surface area is 80.9 Å². The number of rotatable bonds is 2. The van der Waals surface area contributed by atoms with Crippen LogP contribution in [0.3, 0.4) is 0 Å². The fourth-order valence-electron chi connectivity index (χ4n) is 0.719. The van der Waals surface area contributed by atoms with Gasteiger partial charge in [-0.1, -0.05) is 0 Å². The van der Waals surface area contributed by atoms with Crippen LogP contribution < -0.4 is 4.74 Å². The minimum atomic E-state index is 0.228. The van der Waals surface area contributed by atoms with Gasteiger partial charge in [0.05, 0.1) is 6.10 Å². The van der Waals surface area contributed by atoms with Gasteiger partial charge in [0, 0.05) is 9.64 Å². The zero-order valence-electron chi connectivity index (χ0n) is 6.60. The molecule has 2 heteroatoms. The molecule has 0 atom stereocenters. The van der Waals surface area contributed by atoms with Crippen molar-refractivity contribution in [2.24, 2.45) is 0 Å². The topological polar surface area (TPSA) is 9.23 Å². The highest BCUT2D eigenvalue weighted by Crippen LogP contribution is 2.13. The Balaban J connectivity index is 2.66. The minimum absolute atomic E-state index is 0.228. The van der Waals surface area contributed by atoms with E-state index in [2.05, 4.69) is 28.7 Å². The highest BCUT2D eigenvalue weighted by Gasteiger charge is 1.95. The summed E-state index contributed by atoms with van der Waals surface area (Å²) in [5, 5.41) is 0. The van der Waals surface area contributed by atoms with Crippen molar-refractivity contribution in [1.29, 1.82) is 0 Å². The van der Waals surface area contributed by atoms with Crippen LogP contribution in [-0.4, -0.2) is 6.10 Å². The van der Waals surface area contributed by atoms with Crippen molar-refractivity contribution < 1.29 is 4.74 Å². The van der Waals surface area contributed by atoms with Crippen molar-refractivity contribution in [2.45, 2.75) is 20.0 Å². The van der Waals surface area contributed by atoms with Crippen molar-refractivity contribution in [3.63, 3.8) is 0 Å². The lowest BCUT2D eigenvalue weighted by atomic mass is 10.3. The van der Waals surface area contributed by atoms with Crippen LogP contribution in [0, 0.1) is 9.64 Å². The van der Waals surface area contributed by atoms with Crippen molar-refractivity contribution in [2.75, 3.05) is 0 Å². The highest BCUT2D eigenvalue weighted by molar-refractivity contribution is 14.1. The quantitative estimate of drug-likeness (QED) is 0.744. The van der Waals surface area contributed by atoms with Gasteiger partial charge in [-0.25, -0.2) is 0 Å². The molecule has 1 radical (unpaired) electrons. The molecule has 0 aliphatic carbocycles. The van der Waals surface area contributed by atoms with Gasteiger partial charge in [0.25, 0.3) is 0 Å². The van der Waals surface area contributed by atoms with Gasteiger partial charge in [-0.3, -0.25) is 0 Å². The molecule has 1 aromatic rings. The maximum Gasteiger partial charge on any atom is 0.127 e. The number of ether oxygens (including phenoxy) is 1. The average Bonchev–Trinajstić information content (AvgIpc) is 1.93. The van der Waals surface area contributed by atoms with Crippen LogP contribution in [0.15, 0.2) is 18.2 Å². The van der Waals surface area contributed by atoms with E-state index in [-0.39, 0.29) is 6.10 Å². The van der Waals surface area contributed by atoms with Gasteiger partial charge in [0.15, 0.2) is 0 Å². The number of hydrogen-bond acceptors (Lipinski definition) is 1. The summed E-state index contributed by atoms with van der Waals surface area (Å²) in [5.41, 5.74) is 0. The van der Waals surface area contributed by atoms with Gasteiger partial charge in [-0.15, -0.1) is 0 Å². The van der Waals surface area contributed by atoms with Gasteiger partial charge in [0.1, 0.15) is 5.75 Å². The van der Waals surface area contributed by atoms with E-state index in [1.54, 1.807) is 0 Å². The lowest BCUT2D eigenvalue weighted by molar-refractivity contribution is 0.242. The third kappa shape index (κ3) is 3.10. The summed E-state index contributed by atoms with van der Waals surface area (Å²) in [5.74, 6) is 0.820. The summed E-state index contributed by atoms with van der Waals surface area (Å²) < 4.78 is 6.59. The smallest absolute Gasteiger partial charge is 0.127 e. The lowest BCUT2D eigenvalue weighted by Crippen LogP contribution is -2.05. The molecule has 0 heterocycles. The maximum atomic E-state index is 5.41. The fourth-order valence-corrected chi connectivity index (χ4v) is 1.05. The van der Waals surface area contributed by atoms with Crippen LogP contribution in [0.1, 0.15) is 13.8 Å². The molecule has 0 saturated heterocycles. The molecular formula is C9H10IO. The molecule has 1 rings (SSSR count). The minimum Gasteiger partial charge on any atom is -0.490 e. The van der Waals surface area contributed by atoms with E-state index in [0.717, 1.165) is 5.75 Å². The molecule has 11 heavy (non-hydrogen) atoms. The molecule has 0 aliphatic rings. The lowest BCUT2D eigenvalue weighted by Gasteiger charge is -2.08. The second-order valence-electron chi connectivity index (χ2n) is 2.54. The van der Waals surface area contributed by atoms with Gasteiger partial charge in [-0.05, 0) is 54.6 Å². The Bertz CT molecular complexity index is 216. The van der Waals surface area contributed by atoms with E-state index in [4.69, 9.17) is 4.74 Å². The van der Waals surface area contributed by atoms with Crippen LogP contribution in [0.2, 0.25) is 0 Å². The first-order valence-corrected chi connectivity index (χ1v) is 4.60. The van der Waals surface area contributed by atoms with Gasteiger partial charge in [0.2, 0.25) is 0 Å². The third-order valence-corrected chi connectivity index (χ3v) is 1.78. The van der Waals surface area contributed by atoms with E-state index < -0.39 is 0 Å². The SMILES string of the molecule is CC(C)Oc1[c]cc(I)cc1. The standard InChI is InChI=1S/C9H10IO/c1-7(2)11-9-5-3-8(10)4-6-9/h3-5,7H,1-2H3. The zero-order valence-corrected chi connectivity index (χ0v) is 8.75. The first-order valence-electron chi connectivity index (χ1n) is 3.52. The van der Waals surface area contributed by atoms with E-state index in [1.807, 2.05) is 32.0 Å². The van der Waals surface area contributed by atoms with E-state index >= 15 is 0 Å². The fraction of sp³-hybridized carbons (Fsp3) is 0.333. The monoisotopic (exact) mass is 261 g/mol. The largest absolute Gasteiger partial charge is 0.490 e. The molecule has 59 valence electrons. The Hall–Kier alpha value is -0.250. The van der Waals surface area contributed by atoms with E-state index in [1.165, 1.54) is 3.57 Å². The first kappa shape index (κ1) is 8.84. The van der Waals surface area contributed by atoms with Crippen LogP contribution in [0.4, 0.5) is 0 Å². The predicted molar refractivity (Wildman–Crippen MR) is 53.8 cm³/mol. The van der Waals surface area contributed by atoms with Crippen molar-refractivity contribution in [1.82, 2.24) is 0 Å². The summed E-state index contributed by atoms with van der Waals surface area (Å²) in [6.07, 6.45) is 0.228. The summed E-state index contributed by atoms with van der Waals surface area (Å²) >= 11 is 2.24. The van der Waals surface area contributed by atoms with Crippen molar-refractivity contribution >= 4 is 22.6 Å². The van der Waals surface area contributed by atoms with Crippen LogP contribution in [-0.2, 0) is 0 Å². The Morgan fingerprint density at radius 2 is 2.18 bits per heavy atom. The van der Waals surface area contributed by atoms with Gasteiger partial charge >= 0.3 is 0 Å². The second-order valence-corrected chi connectivity index (χ2v) is 3.78. The number of hydrogen-bond donors (Lipinski definition) is 0. The Morgan fingerprint density at radius 3 is 2.64 bits per heavy atom. The molecule has 0 spiro atoms. The summed E-state index contributed by atoms with van der Waals surface area (Å²) in [6.45, 7) is 4.01. The number of benzene rings is 1. The second kappa shape index (κ2) is 3.95. The zero-order chi connectivity index (χ0) is 8.27. The number of halogens is 1. The maximum absolute atomic E-state index is 5.41. The Kier molecular flexibility index (Phi) is 3.17. The summed E-state index contributed by atoms with van der Waals surface area (Å²) in [7, 11) is 0. The molecule has 0 unspecified atom stereocenters. The molecule has 0 aliphatic heterocycles. The van der Waals surface area contributed by atoms with E-state index in [9.17, 15) is 0 Å². The average molecular weight is 261 g/mol. The molecular weight excluding hydrogens is 251 g/mol. The normalized spacial score (nSPS) is 10.2. The molecule has 1 nitrogen and oxygen atoms in total. The molecule has 0 amide bonds. The van der Waals surface area contributed by atoms with Crippen LogP contribution >= 0.6 is 22.6 Å². The Morgan fingerprint density at radius 1 is 1.45 bits per heavy atom. The van der Waals surface area contributed by atoms with Crippen molar-refractivity contribution in [3.8, 4) is 5.75 Å². The molecule has 0 aromatic heterocycles. The summed E-state index contributed by atoms with van der Waals surface area (Å²) in [6, 6.07) is 8.89.